The summed E-state index contributed by atoms with van der Waals surface area (Å²) in [5, 5.41) is 0.186. The third kappa shape index (κ3) is 4.37. The van der Waals surface area contributed by atoms with Gasteiger partial charge in [0, 0.05) is 5.38 Å². The van der Waals surface area contributed by atoms with E-state index in [1.165, 1.54) is 6.42 Å². The van der Waals surface area contributed by atoms with Gasteiger partial charge in [0.15, 0.2) is 9.84 Å². The Kier molecular flexibility index (Phi) is 5.63. The van der Waals surface area contributed by atoms with Gasteiger partial charge in [-0.05, 0) is 57.3 Å². The fourth-order valence-corrected chi connectivity index (χ4v) is 5.26. The van der Waals surface area contributed by atoms with E-state index in [0.717, 1.165) is 12.8 Å². The largest absolute Gasteiger partial charge is 0.228 e. The molecule has 0 radical (unpaired) electrons. The molecule has 0 aromatic carbocycles. The zero-order valence-electron chi connectivity index (χ0n) is 13.9. The molecule has 1 rings (SSSR count). The van der Waals surface area contributed by atoms with Crippen LogP contribution in [0.5, 0.6) is 0 Å². The van der Waals surface area contributed by atoms with Crippen molar-refractivity contribution >= 4 is 21.4 Å². The molecule has 0 spiro atoms. The summed E-state index contributed by atoms with van der Waals surface area (Å²) in [6.07, 6.45) is 4.10. The lowest BCUT2D eigenvalue weighted by Crippen LogP contribution is -2.39. The van der Waals surface area contributed by atoms with Gasteiger partial charge in [-0.1, -0.05) is 27.2 Å². The van der Waals surface area contributed by atoms with Crippen LogP contribution in [-0.2, 0) is 9.84 Å². The summed E-state index contributed by atoms with van der Waals surface area (Å²) in [5.41, 5.74) is -0.00905. The molecule has 4 heteroatoms. The van der Waals surface area contributed by atoms with E-state index in [-0.39, 0.29) is 16.5 Å². The van der Waals surface area contributed by atoms with Crippen molar-refractivity contribution in [1.82, 2.24) is 0 Å². The van der Waals surface area contributed by atoms with Crippen molar-refractivity contribution in [3.05, 3.63) is 0 Å². The minimum Gasteiger partial charge on any atom is -0.228 e. The molecule has 20 heavy (non-hydrogen) atoms. The topological polar surface area (TPSA) is 34.1 Å². The smallest absolute Gasteiger partial charge is 0.155 e. The normalized spacial score (nSPS) is 29.4. The molecule has 1 fully saturated rings. The first-order chi connectivity index (χ1) is 8.87. The highest BCUT2D eigenvalue weighted by molar-refractivity contribution is 7.92. The predicted octanol–water partition coefficient (Wildman–Crippen LogP) is 4.66. The highest BCUT2D eigenvalue weighted by atomic mass is 35.5. The van der Waals surface area contributed by atoms with E-state index in [1.807, 2.05) is 0 Å². The molecule has 0 aliphatic heterocycles. The minimum absolute atomic E-state index is 0.00905. The average Bonchev–Trinajstić information content (AvgIpc) is 2.24. The highest BCUT2D eigenvalue weighted by Crippen LogP contribution is 2.45. The van der Waals surface area contributed by atoms with Gasteiger partial charge in [-0.2, -0.15) is 0 Å². The number of alkyl halides is 1. The maximum absolute atomic E-state index is 12.3. The number of hydrogen-bond donors (Lipinski definition) is 0. The van der Waals surface area contributed by atoms with Gasteiger partial charge in [0.2, 0.25) is 0 Å². The second kappa shape index (κ2) is 6.16. The summed E-state index contributed by atoms with van der Waals surface area (Å²) in [6, 6.07) is 0. The fourth-order valence-electron chi connectivity index (χ4n) is 3.08. The summed E-state index contributed by atoms with van der Waals surface area (Å²) < 4.78 is 23.9. The van der Waals surface area contributed by atoms with E-state index in [4.69, 9.17) is 11.6 Å². The second-order valence-electron chi connectivity index (χ2n) is 8.21. The SMILES string of the molecule is CC1CCC(C(C)(C)CCS(=O)(=O)C(C)(C)C)C(Cl)C1. The molecule has 0 saturated heterocycles. The summed E-state index contributed by atoms with van der Waals surface area (Å²) in [6.45, 7) is 12.0. The predicted molar refractivity (Wildman–Crippen MR) is 88.1 cm³/mol. The van der Waals surface area contributed by atoms with Crippen LogP contribution in [0.3, 0.4) is 0 Å². The average molecular weight is 323 g/mol. The maximum Gasteiger partial charge on any atom is 0.155 e. The van der Waals surface area contributed by atoms with Gasteiger partial charge in [0.05, 0.1) is 10.5 Å². The zero-order chi connectivity index (χ0) is 15.8. The monoisotopic (exact) mass is 322 g/mol. The lowest BCUT2D eigenvalue weighted by atomic mass is 9.67. The highest BCUT2D eigenvalue weighted by Gasteiger charge is 2.39. The molecule has 2 nitrogen and oxygen atoms in total. The maximum atomic E-state index is 12.3. The summed E-state index contributed by atoms with van der Waals surface area (Å²) in [4.78, 5) is 0. The lowest BCUT2D eigenvalue weighted by Gasteiger charge is -2.42. The third-order valence-corrected chi connectivity index (χ3v) is 8.08. The van der Waals surface area contributed by atoms with E-state index in [2.05, 4.69) is 20.8 Å². The molecule has 0 bridgehead atoms. The zero-order valence-corrected chi connectivity index (χ0v) is 15.4. The van der Waals surface area contributed by atoms with Crippen molar-refractivity contribution in [2.24, 2.45) is 17.3 Å². The number of rotatable bonds is 4. The Balaban J connectivity index is 2.71. The van der Waals surface area contributed by atoms with Gasteiger partial charge < -0.3 is 0 Å². The Morgan fingerprint density at radius 1 is 1.10 bits per heavy atom. The quantitative estimate of drug-likeness (QED) is 0.705. The van der Waals surface area contributed by atoms with Crippen LogP contribution in [0, 0.1) is 17.3 Å². The summed E-state index contributed by atoms with van der Waals surface area (Å²) in [7, 11) is -3.04. The van der Waals surface area contributed by atoms with Crippen molar-refractivity contribution in [3.63, 3.8) is 0 Å². The van der Waals surface area contributed by atoms with Crippen LogP contribution in [0.1, 0.15) is 67.2 Å². The number of sulfone groups is 1. The Labute approximate surface area is 130 Å². The molecule has 1 aliphatic rings. The van der Waals surface area contributed by atoms with Gasteiger partial charge in [0.1, 0.15) is 0 Å². The van der Waals surface area contributed by atoms with Gasteiger partial charge in [-0.25, -0.2) is 8.42 Å². The fraction of sp³-hybridized carbons (Fsp3) is 1.00. The van der Waals surface area contributed by atoms with Crippen molar-refractivity contribution in [2.45, 2.75) is 77.3 Å². The van der Waals surface area contributed by atoms with Crippen LogP contribution in [0.25, 0.3) is 0 Å². The molecule has 3 atom stereocenters. The molecule has 1 saturated carbocycles. The van der Waals surface area contributed by atoms with Crippen LogP contribution in [0.2, 0.25) is 0 Å². The van der Waals surface area contributed by atoms with Crippen LogP contribution in [0.15, 0.2) is 0 Å². The van der Waals surface area contributed by atoms with Crippen molar-refractivity contribution in [1.29, 1.82) is 0 Å². The first-order valence-corrected chi connectivity index (χ1v) is 9.82. The van der Waals surface area contributed by atoms with Gasteiger partial charge >= 0.3 is 0 Å². The van der Waals surface area contributed by atoms with E-state index in [1.54, 1.807) is 20.8 Å². The molecule has 120 valence electrons. The molecule has 0 N–H and O–H groups in total. The standard InChI is InChI=1S/C16H31ClO2S/c1-12-7-8-13(14(17)11-12)16(5,6)9-10-20(18,19)15(2,3)4/h12-14H,7-11H2,1-6H3. The molecule has 1 aliphatic carbocycles. The van der Waals surface area contributed by atoms with E-state index in [9.17, 15) is 8.42 Å². The van der Waals surface area contributed by atoms with Gasteiger partial charge in [-0.3, -0.25) is 0 Å². The molecule has 0 aromatic heterocycles. The molecule has 0 heterocycles. The van der Waals surface area contributed by atoms with Crippen LogP contribution < -0.4 is 0 Å². The van der Waals surface area contributed by atoms with Crippen molar-refractivity contribution in [2.75, 3.05) is 5.75 Å². The molecule has 0 aromatic rings. The Bertz CT molecular complexity index is 420. The van der Waals surface area contributed by atoms with E-state index >= 15 is 0 Å². The first-order valence-electron chi connectivity index (χ1n) is 7.73. The van der Waals surface area contributed by atoms with Crippen molar-refractivity contribution in [3.8, 4) is 0 Å². The molecular weight excluding hydrogens is 292 g/mol. The Hall–Kier alpha value is 0.240. The first kappa shape index (κ1) is 18.3. The molecule has 0 amide bonds. The van der Waals surface area contributed by atoms with E-state index in [0.29, 0.717) is 18.3 Å². The van der Waals surface area contributed by atoms with Crippen LogP contribution >= 0.6 is 11.6 Å². The van der Waals surface area contributed by atoms with Crippen LogP contribution in [-0.4, -0.2) is 24.3 Å². The number of hydrogen-bond acceptors (Lipinski definition) is 2. The summed E-state index contributed by atoms with van der Waals surface area (Å²) >= 11 is 6.55. The lowest BCUT2D eigenvalue weighted by molar-refractivity contribution is 0.138. The Morgan fingerprint density at radius 3 is 2.10 bits per heavy atom. The Morgan fingerprint density at radius 2 is 1.65 bits per heavy atom. The van der Waals surface area contributed by atoms with E-state index < -0.39 is 14.6 Å². The summed E-state index contributed by atoms with van der Waals surface area (Å²) in [5.74, 6) is 1.39. The molecule has 3 unspecified atom stereocenters. The number of halogens is 1. The third-order valence-electron chi connectivity index (χ3n) is 4.99. The van der Waals surface area contributed by atoms with Gasteiger partial charge in [0.25, 0.3) is 0 Å². The van der Waals surface area contributed by atoms with Gasteiger partial charge in [-0.15, -0.1) is 11.6 Å². The van der Waals surface area contributed by atoms with Crippen LogP contribution in [0.4, 0.5) is 0 Å². The second-order valence-corrected chi connectivity index (χ2v) is 11.6. The minimum atomic E-state index is -3.04. The van der Waals surface area contributed by atoms with Crippen molar-refractivity contribution < 1.29 is 8.42 Å². The molecular formula is C16H31ClO2S.